The van der Waals surface area contributed by atoms with Gasteiger partial charge in [0.1, 0.15) is 0 Å². The summed E-state index contributed by atoms with van der Waals surface area (Å²) in [7, 11) is 0. The van der Waals surface area contributed by atoms with Crippen molar-refractivity contribution in [3.05, 3.63) is 0 Å². The third kappa shape index (κ3) is 2.66. The number of hydrogen-bond donors (Lipinski definition) is 4. The zero-order chi connectivity index (χ0) is 20.8. The summed E-state index contributed by atoms with van der Waals surface area (Å²) in [6.07, 6.45) is 10.3. The molecule has 170 valence electrons. The molecule has 30 heavy (non-hydrogen) atoms. The minimum Gasteiger partial charge on any atom is -0.393 e. The summed E-state index contributed by atoms with van der Waals surface area (Å²) in [5.41, 5.74) is -0.469. The predicted octanol–water partition coefficient (Wildman–Crippen LogP) is 2.01. The molecule has 0 radical (unpaired) electrons. The van der Waals surface area contributed by atoms with Gasteiger partial charge in [0.25, 0.3) is 0 Å². The quantitative estimate of drug-likeness (QED) is 0.487. The number of piperidine rings is 2. The summed E-state index contributed by atoms with van der Waals surface area (Å²) in [6, 6.07) is 0.860. The van der Waals surface area contributed by atoms with Crippen molar-refractivity contribution in [2.24, 2.45) is 46.8 Å². The normalized spacial score (nSPS) is 62.5. The lowest BCUT2D eigenvalue weighted by molar-refractivity contribution is -0.946. The van der Waals surface area contributed by atoms with Gasteiger partial charge in [-0.25, -0.2) is 0 Å². The molecule has 6 rings (SSSR count). The first-order valence-electron chi connectivity index (χ1n) is 13.3. The van der Waals surface area contributed by atoms with Crippen molar-refractivity contribution in [1.82, 2.24) is 0 Å². The molecule has 0 bridgehead atoms. The number of hydrogen-bond acceptors (Lipinski definition) is 3. The minimum atomic E-state index is -0.557. The van der Waals surface area contributed by atoms with Crippen LogP contribution in [-0.4, -0.2) is 52.3 Å². The second-order valence-corrected chi connectivity index (χ2v) is 12.8. The van der Waals surface area contributed by atoms with Crippen LogP contribution in [0.5, 0.6) is 0 Å². The number of nitrogens with one attached hydrogen (secondary N) is 1. The maximum atomic E-state index is 12.2. The van der Waals surface area contributed by atoms with E-state index in [-0.39, 0.29) is 29.5 Å². The van der Waals surface area contributed by atoms with E-state index in [0.717, 1.165) is 50.0 Å². The molecule has 2 aliphatic heterocycles. The van der Waals surface area contributed by atoms with E-state index in [0.29, 0.717) is 17.8 Å². The van der Waals surface area contributed by atoms with Gasteiger partial charge >= 0.3 is 0 Å². The van der Waals surface area contributed by atoms with Crippen LogP contribution in [0.1, 0.15) is 78.1 Å². The molecule has 0 spiro atoms. The van der Waals surface area contributed by atoms with E-state index in [2.05, 4.69) is 13.8 Å². The van der Waals surface area contributed by atoms with Gasteiger partial charge in [0.05, 0.1) is 36.9 Å². The minimum absolute atomic E-state index is 0.0882. The Morgan fingerprint density at radius 1 is 0.833 bits per heavy atom. The van der Waals surface area contributed by atoms with Crippen molar-refractivity contribution in [3.63, 3.8) is 0 Å². The number of aliphatic hydroxyl groups excluding tert-OH is 2. The van der Waals surface area contributed by atoms with Gasteiger partial charge in [-0.1, -0.05) is 13.8 Å². The highest BCUT2D eigenvalue weighted by molar-refractivity contribution is 5.16. The van der Waals surface area contributed by atoms with Gasteiger partial charge in [-0.2, -0.15) is 0 Å². The van der Waals surface area contributed by atoms with Crippen molar-refractivity contribution < 1.29 is 20.2 Å². The van der Waals surface area contributed by atoms with Crippen molar-refractivity contribution in [3.8, 4) is 0 Å². The Kier molecular flexibility index (Phi) is 4.72. The SMILES string of the molecule is C[C@@H]1[C@H]2CC[C@@]3(O)[C@@H]4CC(O)[C@H]5CC(O)CCC5(C)[C@H]4C[C@H]3[C@@H]2C[NH+]2CCCC[C@@H]12. The summed E-state index contributed by atoms with van der Waals surface area (Å²) >= 11 is 0. The summed E-state index contributed by atoms with van der Waals surface area (Å²) in [4.78, 5) is 1.85. The fourth-order valence-corrected chi connectivity index (χ4v) is 10.6. The maximum Gasteiger partial charge on any atom is 0.0903 e. The Labute approximate surface area is 182 Å². The van der Waals surface area contributed by atoms with Crippen LogP contribution < -0.4 is 4.90 Å². The van der Waals surface area contributed by atoms with E-state index in [1.54, 1.807) is 0 Å². The molecule has 4 N–H and O–H groups in total. The second kappa shape index (κ2) is 6.92. The highest BCUT2D eigenvalue weighted by atomic mass is 16.3. The first-order chi connectivity index (χ1) is 14.3. The smallest absolute Gasteiger partial charge is 0.0903 e. The van der Waals surface area contributed by atoms with Crippen LogP contribution in [0.25, 0.3) is 0 Å². The molecule has 2 saturated heterocycles. The molecule has 6 aliphatic rings. The zero-order valence-corrected chi connectivity index (χ0v) is 19.1. The van der Waals surface area contributed by atoms with Gasteiger partial charge in [-0.05, 0) is 99.2 Å². The molecule has 4 aliphatic carbocycles. The number of fused-ring (bicyclic) bond motifs is 8. The van der Waals surface area contributed by atoms with Gasteiger partial charge in [0.15, 0.2) is 0 Å². The maximum absolute atomic E-state index is 12.2. The molecular formula is C26H44NO3+. The molecule has 4 unspecified atom stereocenters. The lowest BCUT2D eigenvalue weighted by Gasteiger charge is -2.57. The van der Waals surface area contributed by atoms with Crippen LogP contribution >= 0.6 is 0 Å². The molecule has 4 heteroatoms. The van der Waals surface area contributed by atoms with E-state index in [9.17, 15) is 15.3 Å². The van der Waals surface area contributed by atoms with Crippen molar-refractivity contribution in [1.29, 1.82) is 0 Å². The summed E-state index contributed by atoms with van der Waals surface area (Å²) in [6.45, 7) is 7.56. The number of rotatable bonds is 0. The Balaban J connectivity index is 1.32. The predicted molar refractivity (Wildman–Crippen MR) is 116 cm³/mol. The Bertz CT molecular complexity index is 685. The lowest BCUT2D eigenvalue weighted by Crippen LogP contribution is -3.19. The lowest BCUT2D eigenvalue weighted by atomic mass is 9.50. The first kappa shape index (κ1) is 20.4. The molecule has 13 atom stereocenters. The zero-order valence-electron chi connectivity index (χ0n) is 19.1. The van der Waals surface area contributed by atoms with Crippen LogP contribution in [0, 0.1) is 46.8 Å². The Hall–Kier alpha value is -0.160. The standard InChI is InChI=1S/C26H43NO3/c1-15-17-7-9-26(30)19(18(17)14-27-10-4-3-5-23(15)27)12-20-21(26)13-24(29)22-11-16(28)6-8-25(20,22)2/h15-24,28-30H,3-14H2,1-2H3/p+1/t15-,16?,17-,18-,19+,20+,21-,22-,23+,24?,25?,26+/m1/s1. The Morgan fingerprint density at radius 3 is 2.50 bits per heavy atom. The fourth-order valence-electron chi connectivity index (χ4n) is 10.6. The highest BCUT2D eigenvalue weighted by Crippen LogP contribution is 2.67. The van der Waals surface area contributed by atoms with Gasteiger partial charge in [0, 0.05) is 11.8 Å². The molecule has 0 aromatic rings. The average Bonchev–Trinajstić information content (AvgIpc) is 3.03. The van der Waals surface area contributed by atoms with E-state index in [1.165, 1.54) is 45.2 Å². The van der Waals surface area contributed by atoms with Crippen LogP contribution in [0.2, 0.25) is 0 Å². The second-order valence-electron chi connectivity index (χ2n) is 12.8. The number of quaternary nitrogens is 1. The third-order valence-electron chi connectivity index (χ3n) is 12.0. The molecule has 4 nitrogen and oxygen atoms in total. The van der Waals surface area contributed by atoms with Crippen molar-refractivity contribution >= 4 is 0 Å². The highest BCUT2D eigenvalue weighted by Gasteiger charge is 2.68. The van der Waals surface area contributed by atoms with E-state index in [1.807, 2.05) is 4.90 Å². The third-order valence-corrected chi connectivity index (χ3v) is 12.0. The Morgan fingerprint density at radius 2 is 1.67 bits per heavy atom. The molecule has 0 aromatic carbocycles. The topological polar surface area (TPSA) is 65.1 Å². The molecule has 0 amide bonds. The molecule has 0 aromatic heterocycles. The van der Waals surface area contributed by atoms with Crippen LogP contribution in [0.4, 0.5) is 0 Å². The monoisotopic (exact) mass is 418 g/mol. The van der Waals surface area contributed by atoms with Gasteiger partial charge in [-0.15, -0.1) is 0 Å². The van der Waals surface area contributed by atoms with Crippen LogP contribution in [0.15, 0.2) is 0 Å². The largest absolute Gasteiger partial charge is 0.393 e. The summed E-state index contributed by atoms with van der Waals surface area (Å²) < 4.78 is 0. The van der Waals surface area contributed by atoms with Crippen molar-refractivity contribution in [2.45, 2.75) is 102 Å². The molecular weight excluding hydrogens is 374 g/mol. The van der Waals surface area contributed by atoms with Crippen molar-refractivity contribution in [2.75, 3.05) is 13.1 Å². The molecule has 2 heterocycles. The van der Waals surface area contributed by atoms with Gasteiger partial charge < -0.3 is 20.2 Å². The summed E-state index contributed by atoms with van der Waals surface area (Å²) in [5.74, 6) is 3.69. The molecule has 6 fully saturated rings. The summed E-state index contributed by atoms with van der Waals surface area (Å²) in [5, 5.41) is 33.7. The van der Waals surface area contributed by atoms with Crippen LogP contribution in [-0.2, 0) is 0 Å². The van der Waals surface area contributed by atoms with Crippen LogP contribution in [0.3, 0.4) is 0 Å². The van der Waals surface area contributed by atoms with E-state index in [4.69, 9.17) is 0 Å². The number of aliphatic hydroxyl groups is 3. The fraction of sp³-hybridized carbons (Fsp3) is 1.00. The molecule has 4 saturated carbocycles. The average molecular weight is 419 g/mol. The first-order valence-corrected chi connectivity index (χ1v) is 13.3. The van der Waals surface area contributed by atoms with Gasteiger partial charge in [0.2, 0.25) is 0 Å². The van der Waals surface area contributed by atoms with E-state index >= 15 is 0 Å². The van der Waals surface area contributed by atoms with Gasteiger partial charge in [-0.3, -0.25) is 0 Å². The van der Waals surface area contributed by atoms with E-state index < -0.39 is 5.60 Å².